The molecule has 0 saturated carbocycles. The average Bonchev–Trinajstić information content (AvgIpc) is 2.38. The highest BCUT2D eigenvalue weighted by Gasteiger charge is 2.19. The Hall–Kier alpha value is -0.580. The van der Waals surface area contributed by atoms with E-state index in [0.29, 0.717) is 17.5 Å². The Bertz CT molecular complexity index is 459. The zero-order valence-electron chi connectivity index (χ0n) is 11.0. The van der Waals surface area contributed by atoms with E-state index in [1.807, 2.05) is 18.2 Å². The maximum Gasteiger partial charge on any atom is 0.224 e. The summed E-state index contributed by atoms with van der Waals surface area (Å²) in [5.41, 5.74) is 0.929. The molecule has 19 heavy (non-hydrogen) atoms. The Kier molecular flexibility index (Phi) is 5.25. The van der Waals surface area contributed by atoms with Crippen LogP contribution in [-0.4, -0.2) is 37.0 Å². The Morgan fingerprint density at radius 2 is 2.16 bits per heavy atom. The number of hydrogen-bond acceptors (Lipinski definition) is 2. The number of halogens is 2. The normalized spacial score (nSPS) is 17.4. The van der Waals surface area contributed by atoms with E-state index < -0.39 is 0 Å². The van der Waals surface area contributed by atoms with Crippen molar-refractivity contribution < 1.29 is 4.79 Å². The van der Waals surface area contributed by atoms with Gasteiger partial charge in [-0.25, -0.2) is 0 Å². The van der Waals surface area contributed by atoms with Crippen LogP contribution in [0.25, 0.3) is 0 Å². The molecule has 0 spiro atoms. The lowest BCUT2D eigenvalue weighted by molar-refractivity contribution is -0.121. The molecular weight excluding hydrogens is 328 g/mol. The largest absolute Gasteiger partial charge is 0.353 e. The quantitative estimate of drug-likeness (QED) is 0.913. The number of carbonyl (C=O) groups is 1. The van der Waals surface area contributed by atoms with Crippen LogP contribution in [0.5, 0.6) is 0 Å². The summed E-state index contributed by atoms with van der Waals surface area (Å²) in [7, 11) is 2.11. The Balaban J connectivity index is 1.89. The van der Waals surface area contributed by atoms with Gasteiger partial charge in [0.2, 0.25) is 5.91 Å². The number of piperidine rings is 1. The zero-order valence-corrected chi connectivity index (χ0v) is 13.3. The molecule has 1 aliphatic heterocycles. The first kappa shape index (κ1) is 14.8. The second-order valence-corrected chi connectivity index (χ2v) is 6.23. The maximum atomic E-state index is 12.0. The van der Waals surface area contributed by atoms with Crippen molar-refractivity contribution >= 4 is 33.4 Å². The number of carbonyl (C=O) groups excluding carboxylic acids is 1. The Morgan fingerprint density at radius 1 is 1.47 bits per heavy atom. The van der Waals surface area contributed by atoms with Crippen molar-refractivity contribution in [3.05, 3.63) is 33.3 Å². The molecule has 3 nitrogen and oxygen atoms in total. The molecule has 1 amide bonds. The van der Waals surface area contributed by atoms with Crippen LogP contribution < -0.4 is 5.32 Å². The number of nitrogens with zero attached hydrogens (tertiary/aromatic N) is 1. The van der Waals surface area contributed by atoms with Crippen molar-refractivity contribution in [1.29, 1.82) is 0 Å². The monoisotopic (exact) mass is 344 g/mol. The molecule has 0 bridgehead atoms. The highest BCUT2D eigenvalue weighted by molar-refractivity contribution is 9.10. The molecule has 5 heteroatoms. The third-order valence-electron chi connectivity index (χ3n) is 3.47. The molecule has 0 radical (unpaired) electrons. The van der Waals surface area contributed by atoms with Crippen molar-refractivity contribution in [2.75, 3.05) is 20.1 Å². The third-order valence-corrected chi connectivity index (χ3v) is 4.95. The molecule has 0 atom stereocenters. The summed E-state index contributed by atoms with van der Waals surface area (Å²) in [6.45, 7) is 2.09. The number of benzene rings is 1. The van der Waals surface area contributed by atoms with Gasteiger partial charge in [-0.1, -0.05) is 23.7 Å². The van der Waals surface area contributed by atoms with Gasteiger partial charge in [-0.3, -0.25) is 4.79 Å². The van der Waals surface area contributed by atoms with Crippen LogP contribution in [0.15, 0.2) is 22.7 Å². The molecule has 1 fully saturated rings. The van der Waals surface area contributed by atoms with Crippen molar-refractivity contribution in [3.63, 3.8) is 0 Å². The van der Waals surface area contributed by atoms with Gasteiger partial charge in [-0.15, -0.1) is 0 Å². The minimum absolute atomic E-state index is 0.0671. The topological polar surface area (TPSA) is 32.3 Å². The van der Waals surface area contributed by atoms with E-state index in [-0.39, 0.29) is 5.91 Å². The van der Waals surface area contributed by atoms with Crippen LogP contribution in [0.2, 0.25) is 5.02 Å². The van der Waals surface area contributed by atoms with Crippen molar-refractivity contribution in [2.24, 2.45) is 0 Å². The lowest BCUT2D eigenvalue weighted by atomic mass is 10.0. The van der Waals surface area contributed by atoms with Gasteiger partial charge < -0.3 is 10.2 Å². The fraction of sp³-hybridized carbons (Fsp3) is 0.500. The molecule has 2 rings (SSSR count). The van der Waals surface area contributed by atoms with Crippen molar-refractivity contribution in [3.8, 4) is 0 Å². The third kappa shape index (κ3) is 4.20. The van der Waals surface area contributed by atoms with Crippen LogP contribution in [0.3, 0.4) is 0 Å². The Morgan fingerprint density at radius 3 is 2.84 bits per heavy atom. The molecule has 104 valence electrons. The van der Waals surface area contributed by atoms with E-state index in [9.17, 15) is 4.79 Å². The number of hydrogen-bond donors (Lipinski definition) is 1. The van der Waals surface area contributed by atoms with Gasteiger partial charge in [0.05, 0.1) is 11.4 Å². The summed E-state index contributed by atoms with van der Waals surface area (Å²) < 4.78 is 0.815. The fourth-order valence-electron chi connectivity index (χ4n) is 2.29. The standard InChI is InChI=1S/C14H18BrClN2O/c1-18-7-5-11(6-8-18)17-13(19)9-10-3-2-4-12(16)14(10)15/h2-4,11H,5-9H2,1H3,(H,17,19). The number of rotatable bonds is 3. The Labute approximate surface area is 127 Å². The molecule has 1 heterocycles. The highest BCUT2D eigenvalue weighted by Crippen LogP contribution is 2.26. The second kappa shape index (κ2) is 6.73. The molecule has 1 aromatic carbocycles. The number of nitrogens with one attached hydrogen (secondary N) is 1. The zero-order chi connectivity index (χ0) is 13.8. The molecule has 1 saturated heterocycles. The van der Waals surface area contributed by atoms with Gasteiger partial charge in [0.1, 0.15) is 0 Å². The molecule has 1 N–H and O–H groups in total. The van der Waals surface area contributed by atoms with Gasteiger partial charge in [-0.05, 0) is 60.5 Å². The molecule has 0 aliphatic carbocycles. The maximum absolute atomic E-state index is 12.0. The van der Waals surface area contributed by atoms with E-state index in [0.717, 1.165) is 36.0 Å². The summed E-state index contributed by atoms with van der Waals surface area (Å²) in [6.07, 6.45) is 2.42. The van der Waals surface area contributed by atoms with E-state index in [4.69, 9.17) is 11.6 Å². The van der Waals surface area contributed by atoms with E-state index in [1.165, 1.54) is 0 Å². The van der Waals surface area contributed by atoms with Crippen LogP contribution in [0, 0.1) is 0 Å². The van der Waals surface area contributed by atoms with Crippen LogP contribution in [-0.2, 0) is 11.2 Å². The minimum atomic E-state index is 0.0671. The van der Waals surface area contributed by atoms with E-state index in [1.54, 1.807) is 0 Å². The van der Waals surface area contributed by atoms with Crippen molar-refractivity contribution in [2.45, 2.75) is 25.3 Å². The first-order chi connectivity index (χ1) is 9.06. The lowest BCUT2D eigenvalue weighted by Gasteiger charge is -2.29. The molecule has 1 aromatic rings. The van der Waals surface area contributed by atoms with Crippen LogP contribution in [0.1, 0.15) is 18.4 Å². The second-order valence-electron chi connectivity index (χ2n) is 5.03. The van der Waals surface area contributed by atoms with Crippen LogP contribution >= 0.6 is 27.5 Å². The summed E-state index contributed by atoms with van der Waals surface area (Å²) in [6, 6.07) is 5.90. The number of likely N-dealkylation sites (tertiary alicyclic amines) is 1. The van der Waals surface area contributed by atoms with Gasteiger partial charge in [0.15, 0.2) is 0 Å². The van der Waals surface area contributed by atoms with Gasteiger partial charge in [0, 0.05) is 10.5 Å². The smallest absolute Gasteiger partial charge is 0.224 e. The van der Waals surface area contributed by atoms with Gasteiger partial charge in [0.25, 0.3) is 0 Å². The average molecular weight is 346 g/mol. The van der Waals surface area contributed by atoms with E-state index in [2.05, 4.69) is 33.2 Å². The SMILES string of the molecule is CN1CCC(NC(=O)Cc2cccc(Cl)c2Br)CC1. The predicted octanol–water partition coefficient (Wildman–Crippen LogP) is 2.86. The van der Waals surface area contributed by atoms with Crippen LogP contribution in [0.4, 0.5) is 0 Å². The summed E-state index contributed by atoms with van der Waals surface area (Å²) >= 11 is 9.44. The molecule has 0 unspecified atom stereocenters. The number of amides is 1. The van der Waals surface area contributed by atoms with E-state index >= 15 is 0 Å². The predicted molar refractivity (Wildman–Crippen MR) is 81.5 cm³/mol. The molecule has 1 aliphatic rings. The first-order valence-electron chi connectivity index (χ1n) is 6.47. The first-order valence-corrected chi connectivity index (χ1v) is 7.64. The fourth-order valence-corrected chi connectivity index (χ4v) is 2.89. The summed E-state index contributed by atoms with van der Waals surface area (Å²) in [4.78, 5) is 14.3. The van der Waals surface area contributed by atoms with Crippen molar-refractivity contribution in [1.82, 2.24) is 10.2 Å². The summed E-state index contributed by atoms with van der Waals surface area (Å²) in [5, 5.41) is 3.75. The highest BCUT2D eigenvalue weighted by atomic mass is 79.9. The molecule has 0 aromatic heterocycles. The van der Waals surface area contributed by atoms with Gasteiger partial charge >= 0.3 is 0 Å². The minimum Gasteiger partial charge on any atom is -0.353 e. The van der Waals surface area contributed by atoms with Gasteiger partial charge in [-0.2, -0.15) is 0 Å². The lowest BCUT2D eigenvalue weighted by Crippen LogP contribution is -2.43. The summed E-state index contributed by atoms with van der Waals surface area (Å²) in [5.74, 6) is 0.0671. The molecular formula is C14H18BrClN2O.